The Morgan fingerprint density at radius 1 is 1.36 bits per heavy atom. The lowest BCUT2D eigenvalue weighted by Crippen LogP contribution is -2.46. The average molecular weight is 207 g/mol. The van der Waals surface area contributed by atoms with Crippen molar-refractivity contribution in [3.05, 3.63) is 0 Å². The number of rotatable bonds is 1. The van der Waals surface area contributed by atoms with E-state index in [9.17, 15) is 13.6 Å². The number of carbonyl (C=O) groups excluding carboxylic acids is 1. The third-order valence-corrected chi connectivity index (χ3v) is 1.94. The Bertz CT molecular complexity index is 201. The molecule has 0 bridgehead atoms. The minimum absolute atomic E-state index is 0.0635. The Morgan fingerprint density at radius 2 is 1.86 bits per heavy atom. The summed E-state index contributed by atoms with van der Waals surface area (Å²) >= 11 is 0. The van der Waals surface area contributed by atoms with Gasteiger partial charge in [0.2, 0.25) is 0 Å². The number of halogens is 2. The molecule has 0 N–H and O–H groups in total. The molecule has 82 valence electrons. The summed E-state index contributed by atoms with van der Waals surface area (Å²) < 4.78 is 30.6. The van der Waals surface area contributed by atoms with Gasteiger partial charge in [-0.15, -0.1) is 0 Å². The molecule has 1 heterocycles. The van der Waals surface area contributed by atoms with E-state index in [4.69, 9.17) is 4.74 Å². The molecule has 0 aromatic heterocycles. The predicted molar refractivity (Wildman–Crippen MR) is 47.6 cm³/mol. The van der Waals surface area contributed by atoms with Crippen LogP contribution in [0.2, 0.25) is 0 Å². The third-order valence-electron chi connectivity index (χ3n) is 1.94. The number of ether oxygens (including phenoxy) is 1. The van der Waals surface area contributed by atoms with Crippen molar-refractivity contribution in [1.82, 2.24) is 4.90 Å². The van der Waals surface area contributed by atoms with Crippen LogP contribution in [0.3, 0.4) is 0 Å². The molecule has 1 fully saturated rings. The highest BCUT2D eigenvalue weighted by Crippen LogP contribution is 2.17. The van der Waals surface area contributed by atoms with Gasteiger partial charge in [-0.2, -0.15) is 0 Å². The van der Waals surface area contributed by atoms with Gasteiger partial charge in [0.25, 0.3) is 0 Å². The summed E-state index contributed by atoms with van der Waals surface area (Å²) in [5.74, 6) is 0. The number of likely N-dealkylation sites (tertiary alicyclic amines) is 1. The number of alkyl halides is 2. The highest BCUT2D eigenvalue weighted by atomic mass is 19.1. The molecule has 14 heavy (non-hydrogen) atoms. The molecule has 1 aliphatic rings. The van der Waals surface area contributed by atoms with Gasteiger partial charge in [-0.3, -0.25) is 0 Å². The lowest BCUT2D eigenvalue weighted by Gasteiger charge is -2.30. The number of piperidine rings is 1. The van der Waals surface area contributed by atoms with Crippen LogP contribution in [0.25, 0.3) is 0 Å². The first-order chi connectivity index (χ1) is 6.49. The minimum Gasteiger partial charge on any atom is -0.447 e. The molecule has 1 rings (SSSR count). The largest absolute Gasteiger partial charge is 0.447 e. The Hall–Kier alpha value is -0.870. The highest BCUT2D eigenvalue weighted by molar-refractivity contribution is 5.68. The third kappa shape index (κ3) is 3.12. The molecule has 0 aromatic carbocycles. The normalized spacial score (nSPS) is 27.9. The molecule has 1 amide bonds. The Balaban J connectivity index is 2.46. The van der Waals surface area contributed by atoms with Crippen molar-refractivity contribution in [3.63, 3.8) is 0 Å². The summed E-state index contributed by atoms with van der Waals surface area (Å²) in [6.45, 7) is 3.27. The zero-order valence-corrected chi connectivity index (χ0v) is 8.37. The van der Waals surface area contributed by atoms with Crippen LogP contribution in [0.15, 0.2) is 0 Å². The van der Waals surface area contributed by atoms with Crippen LogP contribution in [0, 0.1) is 0 Å². The fourth-order valence-electron chi connectivity index (χ4n) is 1.40. The first kappa shape index (κ1) is 11.2. The summed E-state index contributed by atoms with van der Waals surface area (Å²) in [6.07, 6.45) is -3.58. The van der Waals surface area contributed by atoms with E-state index in [2.05, 4.69) is 0 Å². The van der Waals surface area contributed by atoms with Crippen molar-refractivity contribution in [1.29, 1.82) is 0 Å². The van der Waals surface area contributed by atoms with Crippen LogP contribution >= 0.6 is 0 Å². The number of nitrogens with zero attached hydrogens (tertiary/aromatic N) is 1. The van der Waals surface area contributed by atoms with E-state index >= 15 is 0 Å². The maximum atomic E-state index is 12.9. The van der Waals surface area contributed by atoms with E-state index in [0.29, 0.717) is 0 Å². The maximum Gasteiger partial charge on any atom is 0.410 e. The van der Waals surface area contributed by atoms with E-state index in [-0.39, 0.29) is 25.6 Å². The fraction of sp³-hybridized carbons (Fsp3) is 0.889. The zero-order valence-electron chi connectivity index (χ0n) is 8.37. The molecule has 0 spiro atoms. The van der Waals surface area contributed by atoms with Crippen molar-refractivity contribution in [2.45, 2.75) is 38.7 Å². The maximum absolute atomic E-state index is 12.9. The first-order valence-electron chi connectivity index (χ1n) is 4.72. The molecular weight excluding hydrogens is 192 g/mol. The first-order valence-corrected chi connectivity index (χ1v) is 4.72. The van der Waals surface area contributed by atoms with E-state index < -0.39 is 18.4 Å². The molecular formula is C9H15F2NO2. The smallest absolute Gasteiger partial charge is 0.410 e. The minimum atomic E-state index is -1.28. The summed E-state index contributed by atoms with van der Waals surface area (Å²) in [5.41, 5.74) is 0. The van der Waals surface area contributed by atoms with Crippen LogP contribution in [0.5, 0.6) is 0 Å². The van der Waals surface area contributed by atoms with Crippen molar-refractivity contribution < 1.29 is 18.3 Å². The van der Waals surface area contributed by atoms with Gasteiger partial charge in [0.15, 0.2) is 0 Å². The van der Waals surface area contributed by atoms with Crippen molar-refractivity contribution in [3.8, 4) is 0 Å². The topological polar surface area (TPSA) is 29.5 Å². The van der Waals surface area contributed by atoms with Gasteiger partial charge in [-0.05, 0) is 13.8 Å². The van der Waals surface area contributed by atoms with Gasteiger partial charge in [-0.25, -0.2) is 13.6 Å². The number of hydrogen-bond donors (Lipinski definition) is 0. The van der Waals surface area contributed by atoms with Crippen LogP contribution in [-0.4, -0.2) is 42.5 Å². The molecule has 0 radical (unpaired) electrons. The standard InChI is InChI=1S/C9H15F2NO2/c1-6(2)14-9(13)12-4-7(10)3-8(11)5-12/h6-8H,3-5H2,1-2H3. The average Bonchev–Trinajstić information content (AvgIpc) is 2.00. The number of amides is 1. The van der Waals surface area contributed by atoms with Gasteiger partial charge >= 0.3 is 6.09 Å². The SMILES string of the molecule is CC(C)OC(=O)N1CC(F)CC(F)C1. The summed E-state index contributed by atoms with van der Waals surface area (Å²) in [4.78, 5) is 12.4. The van der Waals surface area contributed by atoms with Crippen LogP contribution in [0.1, 0.15) is 20.3 Å². The van der Waals surface area contributed by atoms with Crippen LogP contribution < -0.4 is 0 Å². The molecule has 2 atom stereocenters. The van der Waals surface area contributed by atoms with Gasteiger partial charge in [0, 0.05) is 6.42 Å². The van der Waals surface area contributed by atoms with E-state index in [1.807, 2.05) is 0 Å². The van der Waals surface area contributed by atoms with Gasteiger partial charge in [-0.1, -0.05) is 0 Å². The Kier molecular flexibility index (Phi) is 3.66. The Labute approximate surface area is 82.0 Å². The van der Waals surface area contributed by atoms with E-state index in [0.717, 1.165) is 4.90 Å². The summed E-state index contributed by atoms with van der Waals surface area (Å²) in [7, 11) is 0. The molecule has 3 nitrogen and oxygen atoms in total. The lowest BCUT2D eigenvalue weighted by molar-refractivity contribution is 0.0352. The van der Waals surface area contributed by atoms with E-state index in [1.54, 1.807) is 13.8 Å². The van der Waals surface area contributed by atoms with Crippen molar-refractivity contribution >= 4 is 6.09 Å². The Morgan fingerprint density at radius 3 is 2.29 bits per heavy atom. The molecule has 1 saturated heterocycles. The lowest BCUT2D eigenvalue weighted by atomic mass is 10.1. The second kappa shape index (κ2) is 4.57. The molecule has 2 unspecified atom stereocenters. The van der Waals surface area contributed by atoms with Gasteiger partial charge in [0.1, 0.15) is 12.3 Å². The van der Waals surface area contributed by atoms with Crippen molar-refractivity contribution in [2.24, 2.45) is 0 Å². The quantitative estimate of drug-likeness (QED) is 0.657. The monoisotopic (exact) mass is 207 g/mol. The molecule has 0 aliphatic carbocycles. The van der Waals surface area contributed by atoms with E-state index in [1.165, 1.54) is 0 Å². The number of hydrogen-bond acceptors (Lipinski definition) is 2. The highest BCUT2D eigenvalue weighted by Gasteiger charge is 2.30. The van der Waals surface area contributed by atoms with Gasteiger partial charge in [0.05, 0.1) is 19.2 Å². The number of carbonyl (C=O) groups is 1. The zero-order chi connectivity index (χ0) is 10.7. The summed E-state index contributed by atoms with van der Waals surface area (Å²) in [5, 5.41) is 0. The molecule has 5 heteroatoms. The molecule has 0 aromatic rings. The predicted octanol–water partition coefficient (Wildman–Crippen LogP) is 1.91. The second-order valence-electron chi connectivity index (χ2n) is 3.77. The van der Waals surface area contributed by atoms with Gasteiger partial charge < -0.3 is 9.64 Å². The molecule has 1 aliphatic heterocycles. The molecule has 0 saturated carbocycles. The second-order valence-corrected chi connectivity index (χ2v) is 3.77. The van der Waals surface area contributed by atoms with Crippen molar-refractivity contribution in [2.75, 3.05) is 13.1 Å². The van der Waals surface area contributed by atoms with Crippen LogP contribution in [0.4, 0.5) is 13.6 Å². The summed E-state index contributed by atoms with van der Waals surface area (Å²) in [6, 6.07) is 0. The fourth-order valence-corrected chi connectivity index (χ4v) is 1.40. The van der Waals surface area contributed by atoms with Crippen LogP contribution in [-0.2, 0) is 4.74 Å².